The van der Waals surface area contributed by atoms with Gasteiger partial charge in [-0.15, -0.1) is 0 Å². The van der Waals surface area contributed by atoms with Gasteiger partial charge in [0.05, 0.1) is 0 Å². The fraction of sp³-hybridized carbons (Fsp3) is 0.571. The van der Waals surface area contributed by atoms with Crippen molar-refractivity contribution in [1.29, 1.82) is 0 Å². The summed E-state index contributed by atoms with van der Waals surface area (Å²) in [4.78, 5) is 3.62. The molecule has 0 aliphatic heterocycles. The molecule has 0 radical (unpaired) electrons. The molecule has 1 aromatic heterocycles. The molecule has 158 valence electrons. The summed E-state index contributed by atoms with van der Waals surface area (Å²) >= 11 is 0. The standard InChI is InChI=1S/C28H41N/c1-19(2)15-27(5,6)17-21-9-11-25-23(13-21)24-14-22(10-12-26(24)29-25)18-28(7,8)16-20(3)4/h9-14,19-20,29H,15-18H2,1-8H3. The van der Waals surface area contributed by atoms with E-state index < -0.39 is 0 Å². The van der Waals surface area contributed by atoms with Crippen molar-refractivity contribution < 1.29 is 0 Å². The second-order valence-electron chi connectivity index (χ2n) is 11.8. The molecule has 0 bridgehead atoms. The van der Waals surface area contributed by atoms with Crippen LogP contribution in [0.1, 0.15) is 79.4 Å². The third-order valence-electron chi connectivity index (χ3n) is 6.01. The van der Waals surface area contributed by atoms with E-state index >= 15 is 0 Å². The number of hydrogen-bond donors (Lipinski definition) is 1. The molecule has 2 aromatic carbocycles. The minimum absolute atomic E-state index is 0.333. The Hall–Kier alpha value is -1.76. The van der Waals surface area contributed by atoms with E-state index in [4.69, 9.17) is 0 Å². The largest absolute Gasteiger partial charge is 0.355 e. The first-order valence-electron chi connectivity index (χ1n) is 11.5. The summed E-state index contributed by atoms with van der Waals surface area (Å²) in [5.74, 6) is 1.47. The molecular formula is C28H41N. The zero-order valence-corrected chi connectivity index (χ0v) is 19.9. The molecule has 0 saturated carbocycles. The molecule has 3 aromatic rings. The molecular weight excluding hydrogens is 350 g/mol. The summed E-state index contributed by atoms with van der Waals surface area (Å²) in [6.45, 7) is 18.9. The number of H-pyrrole nitrogens is 1. The lowest BCUT2D eigenvalue weighted by Gasteiger charge is -2.27. The van der Waals surface area contributed by atoms with E-state index in [9.17, 15) is 0 Å². The van der Waals surface area contributed by atoms with Crippen molar-refractivity contribution >= 4 is 21.8 Å². The molecule has 0 amide bonds. The van der Waals surface area contributed by atoms with E-state index in [2.05, 4.69) is 96.8 Å². The Morgan fingerprint density at radius 3 is 1.38 bits per heavy atom. The number of benzene rings is 2. The van der Waals surface area contributed by atoms with E-state index in [-0.39, 0.29) is 0 Å². The summed E-state index contributed by atoms with van der Waals surface area (Å²) in [5, 5.41) is 2.75. The Bertz CT molecular complexity index is 890. The van der Waals surface area contributed by atoms with Crippen molar-refractivity contribution in [3.8, 4) is 0 Å². The number of fused-ring (bicyclic) bond motifs is 3. The van der Waals surface area contributed by atoms with Crippen molar-refractivity contribution in [2.24, 2.45) is 22.7 Å². The molecule has 1 N–H and O–H groups in total. The maximum absolute atomic E-state index is 3.62. The Morgan fingerprint density at radius 2 is 1.03 bits per heavy atom. The number of rotatable bonds is 8. The highest BCUT2D eigenvalue weighted by atomic mass is 14.7. The molecule has 0 spiro atoms. The van der Waals surface area contributed by atoms with Gasteiger partial charge in [-0.05, 0) is 83.7 Å². The first kappa shape index (κ1) is 21.9. The van der Waals surface area contributed by atoms with Crippen LogP contribution in [-0.2, 0) is 12.8 Å². The molecule has 29 heavy (non-hydrogen) atoms. The first-order chi connectivity index (χ1) is 13.4. The van der Waals surface area contributed by atoms with Crippen LogP contribution in [0.25, 0.3) is 21.8 Å². The van der Waals surface area contributed by atoms with Gasteiger partial charge < -0.3 is 4.98 Å². The summed E-state index contributed by atoms with van der Waals surface area (Å²) in [6.07, 6.45) is 4.78. The van der Waals surface area contributed by atoms with Crippen LogP contribution < -0.4 is 0 Å². The van der Waals surface area contributed by atoms with Crippen molar-refractivity contribution in [1.82, 2.24) is 4.98 Å². The number of hydrogen-bond acceptors (Lipinski definition) is 0. The van der Waals surface area contributed by atoms with Crippen LogP contribution >= 0.6 is 0 Å². The molecule has 0 saturated heterocycles. The van der Waals surface area contributed by atoms with Crippen LogP contribution in [0.5, 0.6) is 0 Å². The van der Waals surface area contributed by atoms with Crippen molar-refractivity contribution in [3.63, 3.8) is 0 Å². The van der Waals surface area contributed by atoms with Gasteiger partial charge in [0.2, 0.25) is 0 Å². The summed E-state index contributed by atoms with van der Waals surface area (Å²) in [6, 6.07) is 14.0. The van der Waals surface area contributed by atoms with Gasteiger partial charge in [0.25, 0.3) is 0 Å². The summed E-state index contributed by atoms with van der Waals surface area (Å²) in [5.41, 5.74) is 6.08. The quantitative estimate of drug-likeness (QED) is 0.396. The molecule has 0 atom stereocenters. The Kier molecular flexibility index (Phi) is 6.18. The van der Waals surface area contributed by atoms with Crippen LogP contribution in [0.2, 0.25) is 0 Å². The number of aromatic amines is 1. The molecule has 1 nitrogen and oxygen atoms in total. The normalized spacial score (nSPS) is 13.3. The van der Waals surface area contributed by atoms with Gasteiger partial charge in [0.1, 0.15) is 0 Å². The predicted molar refractivity (Wildman–Crippen MR) is 130 cm³/mol. The van der Waals surface area contributed by atoms with Crippen LogP contribution in [0.3, 0.4) is 0 Å². The SMILES string of the molecule is CC(C)CC(C)(C)Cc1ccc2[nH]c3ccc(CC(C)(C)CC(C)C)cc3c2c1. The fourth-order valence-corrected chi connectivity index (χ4v) is 5.67. The van der Waals surface area contributed by atoms with Gasteiger partial charge >= 0.3 is 0 Å². The lowest BCUT2D eigenvalue weighted by atomic mass is 9.78. The van der Waals surface area contributed by atoms with Crippen LogP contribution in [0.4, 0.5) is 0 Å². The highest BCUT2D eigenvalue weighted by molar-refractivity contribution is 6.07. The van der Waals surface area contributed by atoms with Gasteiger partial charge in [0.15, 0.2) is 0 Å². The van der Waals surface area contributed by atoms with E-state index in [1.807, 2.05) is 0 Å². The monoisotopic (exact) mass is 391 g/mol. The van der Waals surface area contributed by atoms with Gasteiger partial charge in [-0.25, -0.2) is 0 Å². The van der Waals surface area contributed by atoms with E-state index in [0.717, 1.165) is 24.7 Å². The summed E-state index contributed by atoms with van der Waals surface area (Å²) < 4.78 is 0. The average Bonchev–Trinajstić information content (AvgIpc) is 2.89. The molecule has 0 fully saturated rings. The maximum Gasteiger partial charge on any atom is 0.0465 e. The summed E-state index contributed by atoms with van der Waals surface area (Å²) in [7, 11) is 0. The molecule has 3 rings (SSSR count). The first-order valence-corrected chi connectivity index (χ1v) is 11.5. The second-order valence-corrected chi connectivity index (χ2v) is 11.8. The highest BCUT2D eigenvalue weighted by Gasteiger charge is 2.22. The topological polar surface area (TPSA) is 15.8 Å². The zero-order valence-electron chi connectivity index (χ0n) is 19.9. The lowest BCUT2D eigenvalue weighted by Crippen LogP contribution is -2.17. The number of nitrogens with one attached hydrogen (secondary N) is 1. The predicted octanol–water partition coefficient (Wildman–Crippen LogP) is 8.55. The van der Waals surface area contributed by atoms with Crippen molar-refractivity contribution in [2.45, 2.75) is 81.1 Å². The Labute approximate surface area is 178 Å². The van der Waals surface area contributed by atoms with Crippen LogP contribution in [0, 0.1) is 22.7 Å². The number of aromatic nitrogens is 1. The van der Waals surface area contributed by atoms with Gasteiger partial charge in [-0.3, -0.25) is 0 Å². The Morgan fingerprint density at radius 1 is 0.655 bits per heavy atom. The van der Waals surface area contributed by atoms with E-state index in [1.165, 1.54) is 45.8 Å². The third kappa shape index (κ3) is 5.65. The minimum atomic E-state index is 0.333. The molecule has 0 aliphatic rings. The van der Waals surface area contributed by atoms with E-state index in [0.29, 0.717) is 10.8 Å². The lowest BCUT2D eigenvalue weighted by molar-refractivity contribution is 0.285. The van der Waals surface area contributed by atoms with Crippen molar-refractivity contribution in [3.05, 3.63) is 47.5 Å². The van der Waals surface area contributed by atoms with Crippen LogP contribution in [0.15, 0.2) is 36.4 Å². The third-order valence-corrected chi connectivity index (χ3v) is 6.01. The molecule has 1 heterocycles. The second kappa shape index (κ2) is 8.17. The average molecular weight is 392 g/mol. The van der Waals surface area contributed by atoms with E-state index in [1.54, 1.807) is 0 Å². The van der Waals surface area contributed by atoms with Crippen molar-refractivity contribution in [2.75, 3.05) is 0 Å². The maximum atomic E-state index is 3.62. The Balaban J connectivity index is 1.93. The van der Waals surface area contributed by atoms with Gasteiger partial charge in [0, 0.05) is 21.8 Å². The molecule has 0 aliphatic carbocycles. The smallest absolute Gasteiger partial charge is 0.0465 e. The minimum Gasteiger partial charge on any atom is -0.355 e. The van der Waals surface area contributed by atoms with Gasteiger partial charge in [-0.1, -0.05) is 67.5 Å². The fourth-order valence-electron chi connectivity index (χ4n) is 5.67. The van der Waals surface area contributed by atoms with Gasteiger partial charge in [-0.2, -0.15) is 0 Å². The van der Waals surface area contributed by atoms with Crippen LogP contribution in [-0.4, -0.2) is 4.98 Å². The molecule has 1 heteroatoms. The zero-order chi connectivity index (χ0) is 21.4. The molecule has 0 unspecified atom stereocenters. The highest BCUT2D eigenvalue weighted by Crippen LogP contribution is 2.34.